The lowest BCUT2D eigenvalue weighted by molar-refractivity contribution is -0.126. The molecule has 5 rings (SSSR count). The standard InChI is InChI=1S/C24H37NOSi3/c1-16-13-17-9-8-10-21(20(17)14-16)23(22(25)26)18-11-12-19(15-18)24(23)27(2,3)29(6,7)28(24,4)5/h8-10,14,18-19H,11-13,15H2,1-7H3,(H2,25,26). The van der Waals surface area contributed by atoms with E-state index in [9.17, 15) is 4.79 Å². The molecule has 0 radical (unpaired) electrons. The number of hydrogen-bond acceptors (Lipinski definition) is 1. The Morgan fingerprint density at radius 3 is 2.28 bits per heavy atom. The van der Waals surface area contributed by atoms with E-state index >= 15 is 0 Å². The summed E-state index contributed by atoms with van der Waals surface area (Å²) in [4.78, 5) is 13.9. The molecule has 4 aliphatic rings. The minimum absolute atomic E-state index is 0.0155. The van der Waals surface area contributed by atoms with E-state index in [1.807, 2.05) is 0 Å². The van der Waals surface area contributed by atoms with Gasteiger partial charge in [-0.25, -0.2) is 0 Å². The molecule has 3 atom stereocenters. The van der Waals surface area contributed by atoms with Gasteiger partial charge in [-0.1, -0.05) is 75.6 Å². The predicted molar refractivity (Wildman–Crippen MR) is 131 cm³/mol. The second kappa shape index (κ2) is 5.46. The zero-order chi connectivity index (χ0) is 21.2. The van der Waals surface area contributed by atoms with Crippen LogP contribution in [0.25, 0.3) is 6.08 Å². The maximum absolute atomic E-state index is 13.9. The van der Waals surface area contributed by atoms with Gasteiger partial charge in [0.25, 0.3) is 0 Å². The third kappa shape index (κ3) is 1.74. The van der Waals surface area contributed by atoms with Crippen molar-refractivity contribution in [2.75, 3.05) is 0 Å². The van der Waals surface area contributed by atoms with Crippen molar-refractivity contribution >= 4 is 34.3 Å². The molecule has 0 aromatic heterocycles. The summed E-state index contributed by atoms with van der Waals surface area (Å²) in [7, 11) is -4.60. The predicted octanol–water partition coefficient (Wildman–Crippen LogP) is 5.37. The maximum Gasteiger partial charge on any atom is 0.228 e. The van der Waals surface area contributed by atoms with Crippen LogP contribution in [0, 0.1) is 11.8 Å². The number of benzene rings is 1. The highest BCUT2D eigenvalue weighted by Crippen LogP contribution is 2.84. The van der Waals surface area contributed by atoms with Gasteiger partial charge in [-0.05, 0) is 59.4 Å². The Labute approximate surface area is 179 Å². The summed E-state index contributed by atoms with van der Waals surface area (Å²) in [5.74, 6) is 1.20. The monoisotopic (exact) mass is 439 g/mol. The fourth-order valence-corrected chi connectivity index (χ4v) is 63.5. The van der Waals surface area contributed by atoms with Crippen molar-refractivity contribution in [2.24, 2.45) is 17.6 Å². The van der Waals surface area contributed by atoms with Crippen molar-refractivity contribution in [2.45, 2.75) is 82.0 Å². The van der Waals surface area contributed by atoms with Gasteiger partial charge < -0.3 is 5.73 Å². The Morgan fingerprint density at radius 2 is 1.66 bits per heavy atom. The first kappa shape index (κ1) is 20.0. The lowest BCUT2D eigenvalue weighted by Crippen LogP contribution is -2.96. The van der Waals surface area contributed by atoms with E-state index < -0.39 is 27.7 Å². The fraction of sp³-hybridized carbons (Fsp3) is 0.625. The third-order valence-electron chi connectivity index (χ3n) is 11.2. The molecule has 1 amide bonds. The summed E-state index contributed by atoms with van der Waals surface area (Å²) >= 11 is 0. The minimum atomic E-state index is -1.64. The van der Waals surface area contributed by atoms with E-state index in [1.165, 1.54) is 41.5 Å². The number of primary amides is 1. The zero-order valence-electron chi connectivity index (χ0n) is 19.3. The Balaban J connectivity index is 1.90. The second-order valence-corrected chi connectivity index (χ2v) is 40.4. The summed E-state index contributed by atoms with van der Waals surface area (Å²) in [5, 5.41) is 0. The van der Waals surface area contributed by atoms with Crippen LogP contribution in [0.1, 0.15) is 42.9 Å². The lowest BCUT2D eigenvalue weighted by atomic mass is 9.65. The van der Waals surface area contributed by atoms with Crippen LogP contribution in [-0.2, 0) is 16.6 Å². The molecule has 3 fully saturated rings. The van der Waals surface area contributed by atoms with Crippen LogP contribution >= 0.6 is 0 Å². The van der Waals surface area contributed by atoms with Gasteiger partial charge in [0.15, 0.2) is 0 Å². The molecule has 2 nitrogen and oxygen atoms in total. The first-order chi connectivity index (χ1) is 13.4. The molecule has 1 aromatic carbocycles. The van der Waals surface area contributed by atoms with Crippen molar-refractivity contribution in [1.29, 1.82) is 0 Å². The zero-order valence-corrected chi connectivity index (χ0v) is 22.3. The molecule has 1 spiro atoms. The number of rotatable bonds is 2. The van der Waals surface area contributed by atoms with Crippen LogP contribution in [0.3, 0.4) is 0 Å². The van der Waals surface area contributed by atoms with Crippen molar-refractivity contribution in [1.82, 2.24) is 0 Å². The molecular weight excluding hydrogens is 403 g/mol. The molecule has 1 aliphatic heterocycles. The molecule has 2 bridgehead atoms. The highest BCUT2D eigenvalue weighted by Gasteiger charge is 2.90. The quantitative estimate of drug-likeness (QED) is 0.618. The summed E-state index contributed by atoms with van der Waals surface area (Å²) in [5.41, 5.74) is 11.7. The smallest absolute Gasteiger partial charge is 0.228 e. The van der Waals surface area contributed by atoms with Crippen molar-refractivity contribution in [3.05, 3.63) is 40.5 Å². The highest BCUT2D eigenvalue weighted by atomic mass is 29.7. The molecule has 2 N–H and O–H groups in total. The first-order valence-electron chi connectivity index (χ1n) is 11.5. The van der Waals surface area contributed by atoms with E-state index in [0.29, 0.717) is 5.92 Å². The number of fused-ring (bicyclic) bond motifs is 4. The van der Waals surface area contributed by atoms with Gasteiger partial charge in [0.1, 0.15) is 0 Å². The number of allylic oxidation sites excluding steroid dienone is 1. The Kier molecular flexibility index (Phi) is 3.77. The lowest BCUT2D eigenvalue weighted by Gasteiger charge is -2.81. The van der Waals surface area contributed by atoms with E-state index in [-0.39, 0.29) is 10.6 Å². The molecule has 156 valence electrons. The Morgan fingerprint density at radius 1 is 1.03 bits per heavy atom. The summed E-state index contributed by atoms with van der Waals surface area (Å²) in [6.07, 6.45) is 7.17. The number of carbonyl (C=O) groups is 1. The number of carbonyl (C=O) groups excluding carboxylic acids is 1. The number of hydrogen-bond donors (Lipinski definition) is 1. The molecule has 1 aromatic rings. The second-order valence-electron chi connectivity index (χ2n) is 12.1. The summed E-state index contributed by atoms with van der Waals surface area (Å²) < 4.78 is 0.233. The van der Waals surface area contributed by atoms with Gasteiger partial charge in [0.2, 0.25) is 5.91 Å². The van der Waals surface area contributed by atoms with E-state index in [4.69, 9.17) is 5.73 Å². The van der Waals surface area contributed by atoms with Crippen LogP contribution in [0.15, 0.2) is 23.8 Å². The van der Waals surface area contributed by atoms with E-state index in [0.717, 1.165) is 12.3 Å². The largest absolute Gasteiger partial charge is 0.369 e. The first-order valence-corrected chi connectivity index (χ1v) is 22.5. The number of nitrogens with two attached hydrogens (primary N) is 1. The molecule has 3 aliphatic carbocycles. The van der Waals surface area contributed by atoms with Crippen molar-refractivity contribution in [3.63, 3.8) is 0 Å². The normalized spacial score (nSPS) is 36.6. The SMILES string of the molecule is CC1=Cc2c(cccc2C2(C(N)=O)C3CCC(C3)C23[Si](C)(C)[Si](C)(C)[Si]3(C)C)C1. The third-order valence-corrected chi connectivity index (χ3v) is 60.7. The molecule has 1 saturated heterocycles. The van der Waals surface area contributed by atoms with Crippen molar-refractivity contribution in [3.8, 4) is 0 Å². The topological polar surface area (TPSA) is 43.1 Å². The van der Waals surface area contributed by atoms with E-state index in [1.54, 1.807) is 0 Å². The minimum Gasteiger partial charge on any atom is -0.369 e. The summed E-state index contributed by atoms with van der Waals surface area (Å²) in [6, 6.07) is 6.79. The molecule has 3 unspecified atom stereocenters. The van der Waals surface area contributed by atoms with Crippen LogP contribution in [0.2, 0.25) is 43.9 Å². The number of amides is 1. The average molecular weight is 440 g/mol. The van der Waals surface area contributed by atoms with Gasteiger partial charge >= 0.3 is 0 Å². The van der Waals surface area contributed by atoms with Crippen LogP contribution in [0.5, 0.6) is 0 Å². The van der Waals surface area contributed by atoms with Crippen LogP contribution in [0.4, 0.5) is 0 Å². The summed E-state index contributed by atoms with van der Waals surface area (Å²) in [6.45, 7) is 18.2. The van der Waals surface area contributed by atoms with Gasteiger partial charge in [-0.15, -0.1) is 0 Å². The fourth-order valence-electron chi connectivity index (χ4n) is 9.74. The van der Waals surface area contributed by atoms with Crippen molar-refractivity contribution < 1.29 is 4.79 Å². The average Bonchev–Trinajstić information content (AvgIpc) is 3.31. The molecule has 1 heterocycles. The van der Waals surface area contributed by atoms with Gasteiger partial charge in [-0.3, -0.25) is 4.79 Å². The molecule has 29 heavy (non-hydrogen) atoms. The van der Waals surface area contributed by atoms with Gasteiger partial charge in [-0.2, -0.15) is 0 Å². The Bertz CT molecular complexity index is 958. The molecule has 2 saturated carbocycles. The van der Waals surface area contributed by atoms with Gasteiger partial charge in [0, 0.05) is 22.3 Å². The van der Waals surface area contributed by atoms with Gasteiger partial charge in [0.05, 0.1) is 5.41 Å². The van der Waals surface area contributed by atoms with Crippen LogP contribution < -0.4 is 5.73 Å². The maximum atomic E-state index is 13.9. The highest BCUT2D eigenvalue weighted by molar-refractivity contribution is 7.79. The van der Waals surface area contributed by atoms with Crippen LogP contribution in [-0.4, -0.2) is 28.2 Å². The Hall–Kier alpha value is -0.919. The van der Waals surface area contributed by atoms with E-state index in [2.05, 4.69) is 70.5 Å². The molecule has 5 heteroatoms. The molecular formula is C24H37NOSi3.